The molecule has 0 radical (unpaired) electrons. The number of nitrogens with one attached hydrogen (secondary N) is 1. The van der Waals surface area contributed by atoms with E-state index in [1.54, 1.807) is 18.3 Å². The molecule has 0 aliphatic carbocycles. The van der Waals surface area contributed by atoms with Crippen LogP contribution in [-0.2, 0) is 0 Å². The molecule has 1 aliphatic heterocycles. The molecule has 1 unspecified atom stereocenters. The summed E-state index contributed by atoms with van der Waals surface area (Å²) in [6, 6.07) is 9.43. The Morgan fingerprint density at radius 2 is 2.24 bits per heavy atom. The molecule has 25 heavy (non-hydrogen) atoms. The number of carbonyl (C=O) groups excluding carboxylic acids is 1. The highest BCUT2D eigenvalue weighted by Gasteiger charge is 2.18. The summed E-state index contributed by atoms with van der Waals surface area (Å²) < 4.78 is 6.92. The van der Waals surface area contributed by atoms with Crippen LogP contribution in [0.15, 0.2) is 36.5 Å². The number of fused-ring (bicyclic) bond motifs is 1. The molecule has 7 heteroatoms. The van der Waals surface area contributed by atoms with Gasteiger partial charge in [-0.05, 0) is 42.9 Å². The standard InChI is InChI=1S/C18H17N3O2S2/c1-11-2-3-14-15(8-11)25-18(20-14)21-17(22)12-4-6-19-16(9-12)23-13-5-7-24-10-13/h2-4,6,8-9,13H,5,7,10H2,1H3,(H,20,21,22). The van der Waals surface area contributed by atoms with Crippen LogP contribution in [0.1, 0.15) is 22.3 Å². The van der Waals surface area contributed by atoms with Gasteiger partial charge in [0.05, 0.1) is 10.2 Å². The number of thiazole rings is 1. The molecular formula is C18H17N3O2S2. The van der Waals surface area contributed by atoms with Crippen LogP contribution >= 0.6 is 23.1 Å². The number of aryl methyl sites for hydroxylation is 1. The molecule has 1 fully saturated rings. The third kappa shape index (κ3) is 3.77. The van der Waals surface area contributed by atoms with Crippen molar-refractivity contribution in [3.05, 3.63) is 47.7 Å². The summed E-state index contributed by atoms with van der Waals surface area (Å²) in [6.45, 7) is 2.04. The Bertz CT molecular complexity index is 920. The van der Waals surface area contributed by atoms with E-state index in [1.165, 1.54) is 16.9 Å². The fourth-order valence-corrected chi connectivity index (χ4v) is 4.70. The number of rotatable bonds is 4. The van der Waals surface area contributed by atoms with E-state index in [2.05, 4.69) is 21.4 Å². The minimum Gasteiger partial charge on any atom is -0.473 e. The van der Waals surface area contributed by atoms with E-state index in [9.17, 15) is 4.79 Å². The summed E-state index contributed by atoms with van der Waals surface area (Å²) in [5, 5.41) is 3.46. The molecule has 2 aromatic heterocycles. The maximum absolute atomic E-state index is 12.5. The lowest BCUT2D eigenvalue weighted by atomic mass is 10.2. The van der Waals surface area contributed by atoms with Gasteiger partial charge in [-0.1, -0.05) is 17.4 Å². The Labute approximate surface area is 153 Å². The van der Waals surface area contributed by atoms with Gasteiger partial charge < -0.3 is 4.74 Å². The highest BCUT2D eigenvalue weighted by molar-refractivity contribution is 7.99. The summed E-state index contributed by atoms with van der Waals surface area (Å²) in [4.78, 5) is 21.2. The first-order valence-electron chi connectivity index (χ1n) is 8.06. The van der Waals surface area contributed by atoms with Crippen LogP contribution in [0, 0.1) is 6.92 Å². The van der Waals surface area contributed by atoms with Crippen molar-refractivity contribution in [2.75, 3.05) is 16.8 Å². The number of amides is 1. The second-order valence-corrected chi connectivity index (χ2v) is 8.11. The monoisotopic (exact) mass is 371 g/mol. The SMILES string of the molecule is Cc1ccc2nc(NC(=O)c3ccnc(OC4CCSC4)c3)sc2c1. The van der Waals surface area contributed by atoms with Gasteiger partial charge in [0.2, 0.25) is 5.88 Å². The quantitative estimate of drug-likeness (QED) is 0.747. The van der Waals surface area contributed by atoms with Gasteiger partial charge in [0.25, 0.3) is 5.91 Å². The third-order valence-corrected chi connectivity index (χ3v) is 6.00. The van der Waals surface area contributed by atoms with Crippen LogP contribution in [0.3, 0.4) is 0 Å². The smallest absolute Gasteiger partial charge is 0.257 e. The molecule has 0 saturated carbocycles. The van der Waals surface area contributed by atoms with Gasteiger partial charge in [-0.15, -0.1) is 0 Å². The van der Waals surface area contributed by atoms with Gasteiger partial charge in [0.15, 0.2) is 5.13 Å². The van der Waals surface area contributed by atoms with Gasteiger partial charge >= 0.3 is 0 Å². The van der Waals surface area contributed by atoms with Gasteiger partial charge in [-0.2, -0.15) is 11.8 Å². The lowest BCUT2D eigenvalue weighted by molar-refractivity contribution is 0.102. The number of carbonyl (C=O) groups is 1. The van der Waals surface area contributed by atoms with Crippen LogP contribution in [0.2, 0.25) is 0 Å². The molecule has 128 valence electrons. The van der Waals surface area contributed by atoms with Gasteiger partial charge in [0.1, 0.15) is 6.10 Å². The lowest BCUT2D eigenvalue weighted by Gasteiger charge is -2.11. The van der Waals surface area contributed by atoms with E-state index in [-0.39, 0.29) is 12.0 Å². The van der Waals surface area contributed by atoms with Gasteiger partial charge in [0, 0.05) is 23.6 Å². The average molecular weight is 371 g/mol. The number of nitrogens with zero attached hydrogens (tertiary/aromatic N) is 2. The predicted octanol–water partition coefficient (Wildman–Crippen LogP) is 4.14. The summed E-state index contributed by atoms with van der Waals surface area (Å²) >= 11 is 3.35. The summed E-state index contributed by atoms with van der Waals surface area (Å²) in [5.74, 6) is 2.38. The van der Waals surface area contributed by atoms with E-state index in [4.69, 9.17) is 4.74 Å². The molecule has 1 N–H and O–H groups in total. The van der Waals surface area contributed by atoms with E-state index >= 15 is 0 Å². The highest BCUT2D eigenvalue weighted by Crippen LogP contribution is 2.27. The molecular weight excluding hydrogens is 354 g/mol. The fourth-order valence-electron chi connectivity index (χ4n) is 2.65. The zero-order valence-electron chi connectivity index (χ0n) is 13.7. The van der Waals surface area contributed by atoms with Crippen LogP contribution in [-0.4, -0.2) is 33.5 Å². The second kappa shape index (κ2) is 7.01. The Morgan fingerprint density at radius 1 is 1.32 bits per heavy atom. The van der Waals surface area contributed by atoms with Crippen molar-refractivity contribution >= 4 is 44.4 Å². The topological polar surface area (TPSA) is 64.1 Å². The van der Waals surface area contributed by atoms with Crippen molar-refractivity contribution in [1.29, 1.82) is 0 Å². The van der Waals surface area contributed by atoms with E-state index in [0.717, 1.165) is 28.1 Å². The van der Waals surface area contributed by atoms with Crippen LogP contribution < -0.4 is 10.1 Å². The molecule has 1 saturated heterocycles. The molecule has 0 spiro atoms. The normalized spacial score (nSPS) is 16.9. The molecule has 1 aliphatic rings. The number of benzene rings is 1. The Kier molecular flexibility index (Phi) is 4.59. The van der Waals surface area contributed by atoms with Crippen LogP contribution in [0.25, 0.3) is 10.2 Å². The first kappa shape index (κ1) is 16.4. The molecule has 3 aromatic rings. The van der Waals surface area contributed by atoms with Crippen molar-refractivity contribution in [3.8, 4) is 5.88 Å². The van der Waals surface area contributed by atoms with Crippen molar-refractivity contribution in [2.24, 2.45) is 0 Å². The molecule has 0 bridgehead atoms. The zero-order chi connectivity index (χ0) is 17.2. The Balaban J connectivity index is 1.49. The maximum Gasteiger partial charge on any atom is 0.257 e. The summed E-state index contributed by atoms with van der Waals surface area (Å²) in [6.07, 6.45) is 2.81. The van der Waals surface area contributed by atoms with E-state index < -0.39 is 0 Å². The largest absolute Gasteiger partial charge is 0.473 e. The number of ether oxygens (including phenoxy) is 1. The van der Waals surface area contributed by atoms with Gasteiger partial charge in [-0.3, -0.25) is 10.1 Å². The van der Waals surface area contributed by atoms with Crippen molar-refractivity contribution in [1.82, 2.24) is 9.97 Å². The third-order valence-electron chi connectivity index (χ3n) is 3.94. The average Bonchev–Trinajstić information content (AvgIpc) is 3.24. The van der Waals surface area contributed by atoms with Crippen molar-refractivity contribution in [3.63, 3.8) is 0 Å². The molecule has 4 rings (SSSR count). The van der Waals surface area contributed by atoms with Crippen LogP contribution in [0.5, 0.6) is 5.88 Å². The zero-order valence-corrected chi connectivity index (χ0v) is 15.3. The molecule has 5 nitrogen and oxygen atoms in total. The molecule has 3 heterocycles. The minimum absolute atomic E-state index is 0.184. The summed E-state index contributed by atoms with van der Waals surface area (Å²) in [5.41, 5.74) is 2.59. The number of hydrogen-bond donors (Lipinski definition) is 1. The highest BCUT2D eigenvalue weighted by atomic mass is 32.2. The van der Waals surface area contributed by atoms with Gasteiger partial charge in [-0.25, -0.2) is 9.97 Å². The number of anilines is 1. The Hall–Kier alpha value is -2.12. The fraction of sp³-hybridized carbons (Fsp3) is 0.278. The number of aromatic nitrogens is 2. The molecule has 1 atom stereocenters. The molecule has 1 amide bonds. The number of thioether (sulfide) groups is 1. The number of pyridine rings is 1. The maximum atomic E-state index is 12.5. The van der Waals surface area contributed by atoms with Crippen LogP contribution in [0.4, 0.5) is 5.13 Å². The first-order valence-corrected chi connectivity index (χ1v) is 10.0. The Morgan fingerprint density at radius 3 is 3.08 bits per heavy atom. The van der Waals surface area contributed by atoms with E-state index in [1.807, 2.05) is 30.8 Å². The number of hydrogen-bond acceptors (Lipinski definition) is 6. The minimum atomic E-state index is -0.205. The predicted molar refractivity (Wildman–Crippen MR) is 103 cm³/mol. The van der Waals surface area contributed by atoms with Crippen molar-refractivity contribution < 1.29 is 9.53 Å². The summed E-state index contributed by atoms with van der Waals surface area (Å²) in [7, 11) is 0. The molecule has 1 aromatic carbocycles. The lowest BCUT2D eigenvalue weighted by Crippen LogP contribution is -2.17. The second-order valence-electron chi connectivity index (χ2n) is 5.93. The van der Waals surface area contributed by atoms with Crippen molar-refractivity contribution in [2.45, 2.75) is 19.4 Å². The first-order chi connectivity index (χ1) is 12.2. The van der Waals surface area contributed by atoms with E-state index in [0.29, 0.717) is 16.6 Å².